The molecule has 1 aromatic rings. The number of carbonyl (C=O) groups excluding carboxylic acids is 1. The van der Waals surface area contributed by atoms with Gasteiger partial charge in [-0.05, 0) is 43.7 Å². The summed E-state index contributed by atoms with van der Waals surface area (Å²) in [6, 6.07) is 1.89. The lowest BCUT2D eigenvalue weighted by atomic mass is 9.85. The first kappa shape index (κ1) is 18.6. The minimum atomic E-state index is -4.54. The van der Waals surface area contributed by atoms with Crippen molar-refractivity contribution in [3.8, 4) is 0 Å². The zero-order valence-corrected chi connectivity index (χ0v) is 14.0. The fourth-order valence-corrected chi connectivity index (χ4v) is 3.12. The predicted molar refractivity (Wildman–Crippen MR) is 85.4 cm³/mol. The van der Waals surface area contributed by atoms with Crippen LogP contribution in [0.25, 0.3) is 0 Å². The van der Waals surface area contributed by atoms with Gasteiger partial charge in [-0.25, -0.2) is 0 Å². The summed E-state index contributed by atoms with van der Waals surface area (Å²) < 4.78 is 37.5. The number of alkyl halides is 3. The molecule has 0 unspecified atom stereocenters. The van der Waals surface area contributed by atoms with Crippen LogP contribution in [0.3, 0.4) is 0 Å². The number of halogens is 3. The van der Waals surface area contributed by atoms with Crippen LogP contribution >= 0.6 is 0 Å². The summed E-state index contributed by atoms with van der Waals surface area (Å²) in [6.45, 7) is 0.755. The van der Waals surface area contributed by atoms with E-state index in [-0.39, 0.29) is 24.2 Å². The molecule has 1 aromatic heterocycles. The molecule has 3 rings (SSSR count). The highest BCUT2D eigenvalue weighted by molar-refractivity contribution is 5.94. The lowest BCUT2D eigenvalue weighted by molar-refractivity contribution is -0.141. The van der Waals surface area contributed by atoms with E-state index in [0.717, 1.165) is 37.7 Å². The Balaban J connectivity index is 1.49. The molecule has 2 N–H and O–H groups in total. The molecular weight excluding hydrogens is 351 g/mol. The predicted octanol–water partition coefficient (Wildman–Crippen LogP) is 2.16. The fourth-order valence-electron chi connectivity index (χ4n) is 3.12. The average Bonchev–Trinajstić information content (AvgIpc) is 3.32. The van der Waals surface area contributed by atoms with Gasteiger partial charge in [0.05, 0.1) is 12.1 Å². The highest BCUT2D eigenvalue weighted by Gasteiger charge is 2.38. The van der Waals surface area contributed by atoms with Crippen LogP contribution in [-0.2, 0) is 11.0 Å². The maximum atomic E-state index is 12.5. The number of amides is 1. The number of carbonyl (C=O) groups is 2. The van der Waals surface area contributed by atoms with Crippen LogP contribution in [0.15, 0.2) is 18.3 Å². The summed E-state index contributed by atoms with van der Waals surface area (Å²) >= 11 is 0. The standard InChI is InChI=1S/C17H20F3N3O3/c18-17(19,20)14-4-3-11(7-21-14)16(26)22-12-5-13(6-12)23(9-15(24)25)8-10-1-2-10/h3-4,7,10,12-13H,1-2,5-6,8-9H2,(H,22,26)(H,24,25). The molecule has 0 radical (unpaired) electrons. The van der Waals surface area contributed by atoms with E-state index in [2.05, 4.69) is 10.3 Å². The molecule has 2 fully saturated rings. The Morgan fingerprint density at radius 2 is 1.96 bits per heavy atom. The average molecular weight is 371 g/mol. The normalized spacial score (nSPS) is 22.8. The van der Waals surface area contributed by atoms with Gasteiger partial charge in [-0.3, -0.25) is 19.5 Å². The molecule has 1 amide bonds. The number of nitrogens with zero attached hydrogens (tertiary/aromatic N) is 2. The highest BCUT2D eigenvalue weighted by Crippen LogP contribution is 2.34. The van der Waals surface area contributed by atoms with E-state index in [1.165, 1.54) is 0 Å². The van der Waals surface area contributed by atoms with E-state index in [0.29, 0.717) is 18.8 Å². The Labute approximate surface area is 148 Å². The Bertz CT molecular complexity index is 668. The highest BCUT2D eigenvalue weighted by atomic mass is 19.4. The zero-order chi connectivity index (χ0) is 18.9. The van der Waals surface area contributed by atoms with Gasteiger partial charge in [0.2, 0.25) is 0 Å². The number of hydrogen-bond acceptors (Lipinski definition) is 4. The molecule has 0 aliphatic heterocycles. The van der Waals surface area contributed by atoms with Crippen molar-refractivity contribution in [2.45, 2.75) is 43.9 Å². The number of carboxylic acid groups (broad SMARTS) is 1. The summed E-state index contributed by atoms with van der Waals surface area (Å²) in [6.07, 6.45) is -0.0864. The number of rotatable bonds is 7. The molecule has 6 nitrogen and oxygen atoms in total. The van der Waals surface area contributed by atoms with Crippen LogP contribution in [0.1, 0.15) is 41.7 Å². The van der Waals surface area contributed by atoms with Crippen molar-refractivity contribution < 1.29 is 27.9 Å². The molecular formula is C17H20F3N3O3. The molecule has 1 heterocycles. The monoisotopic (exact) mass is 371 g/mol. The van der Waals surface area contributed by atoms with Crippen molar-refractivity contribution in [1.82, 2.24) is 15.2 Å². The second-order valence-electron chi connectivity index (χ2n) is 6.99. The summed E-state index contributed by atoms with van der Waals surface area (Å²) in [7, 11) is 0. The van der Waals surface area contributed by atoms with Crippen LogP contribution < -0.4 is 5.32 Å². The summed E-state index contributed by atoms with van der Waals surface area (Å²) in [4.78, 5) is 28.3. The molecule has 2 saturated carbocycles. The second-order valence-corrected chi connectivity index (χ2v) is 6.99. The molecule has 2 aliphatic carbocycles. The Morgan fingerprint density at radius 1 is 1.27 bits per heavy atom. The van der Waals surface area contributed by atoms with Crippen molar-refractivity contribution in [3.63, 3.8) is 0 Å². The molecule has 26 heavy (non-hydrogen) atoms. The van der Waals surface area contributed by atoms with Gasteiger partial charge in [-0.1, -0.05) is 0 Å². The SMILES string of the molecule is O=C(O)CN(CC1CC1)C1CC(NC(=O)c2ccc(C(F)(F)F)nc2)C1. The Morgan fingerprint density at radius 3 is 2.46 bits per heavy atom. The Kier molecular flexibility index (Phi) is 5.17. The van der Waals surface area contributed by atoms with Crippen LogP contribution in [0, 0.1) is 5.92 Å². The Hall–Kier alpha value is -2.16. The summed E-state index contributed by atoms with van der Waals surface area (Å²) in [5, 5.41) is 11.8. The van der Waals surface area contributed by atoms with Crippen LogP contribution in [0.5, 0.6) is 0 Å². The van der Waals surface area contributed by atoms with Crippen molar-refractivity contribution in [2.75, 3.05) is 13.1 Å². The number of aliphatic carboxylic acids is 1. The van der Waals surface area contributed by atoms with Crippen molar-refractivity contribution in [2.24, 2.45) is 5.92 Å². The van der Waals surface area contributed by atoms with Crippen molar-refractivity contribution in [3.05, 3.63) is 29.6 Å². The lowest BCUT2D eigenvalue weighted by Gasteiger charge is -2.42. The van der Waals surface area contributed by atoms with Gasteiger partial charge in [0, 0.05) is 24.8 Å². The number of carboxylic acids is 1. The van der Waals surface area contributed by atoms with Gasteiger partial charge < -0.3 is 10.4 Å². The molecule has 0 spiro atoms. The fraction of sp³-hybridized carbons (Fsp3) is 0.588. The van der Waals surface area contributed by atoms with Gasteiger partial charge in [0.1, 0.15) is 5.69 Å². The van der Waals surface area contributed by atoms with Gasteiger partial charge in [-0.15, -0.1) is 0 Å². The number of hydrogen-bond donors (Lipinski definition) is 2. The van der Waals surface area contributed by atoms with Gasteiger partial charge in [-0.2, -0.15) is 13.2 Å². The first-order valence-electron chi connectivity index (χ1n) is 8.52. The van der Waals surface area contributed by atoms with E-state index < -0.39 is 23.7 Å². The van der Waals surface area contributed by atoms with Crippen LogP contribution in [0.4, 0.5) is 13.2 Å². The molecule has 0 aromatic carbocycles. The molecule has 9 heteroatoms. The van der Waals surface area contributed by atoms with Crippen LogP contribution in [-0.4, -0.2) is 52.0 Å². The molecule has 0 saturated heterocycles. The summed E-state index contributed by atoms with van der Waals surface area (Å²) in [5.74, 6) is -0.767. The van der Waals surface area contributed by atoms with Crippen molar-refractivity contribution in [1.29, 1.82) is 0 Å². The number of nitrogens with one attached hydrogen (secondary N) is 1. The van der Waals surface area contributed by atoms with E-state index in [1.807, 2.05) is 4.90 Å². The smallest absolute Gasteiger partial charge is 0.433 e. The topological polar surface area (TPSA) is 82.5 Å². The van der Waals surface area contributed by atoms with E-state index in [4.69, 9.17) is 5.11 Å². The molecule has 0 bridgehead atoms. The third kappa shape index (κ3) is 4.72. The number of pyridine rings is 1. The molecule has 0 atom stereocenters. The summed E-state index contributed by atoms with van der Waals surface area (Å²) in [5.41, 5.74) is -0.969. The lowest BCUT2D eigenvalue weighted by Crippen LogP contribution is -2.55. The largest absolute Gasteiger partial charge is 0.480 e. The zero-order valence-electron chi connectivity index (χ0n) is 14.0. The van der Waals surface area contributed by atoms with Gasteiger partial charge in [0.25, 0.3) is 5.91 Å². The number of aromatic nitrogens is 1. The molecule has 142 valence electrons. The maximum absolute atomic E-state index is 12.5. The van der Waals surface area contributed by atoms with Crippen LogP contribution in [0.2, 0.25) is 0 Å². The van der Waals surface area contributed by atoms with Gasteiger partial charge in [0.15, 0.2) is 0 Å². The third-order valence-corrected chi connectivity index (χ3v) is 4.81. The molecule has 2 aliphatic rings. The van der Waals surface area contributed by atoms with Gasteiger partial charge >= 0.3 is 12.1 Å². The quantitative estimate of drug-likeness (QED) is 0.768. The third-order valence-electron chi connectivity index (χ3n) is 4.81. The van der Waals surface area contributed by atoms with E-state index in [9.17, 15) is 22.8 Å². The van der Waals surface area contributed by atoms with E-state index >= 15 is 0 Å². The maximum Gasteiger partial charge on any atom is 0.433 e. The van der Waals surface area contributed by atoms with E-state index in [1.54, 1.807) is 0 Å². The minimum Gasteiger partial charge on any atom is -0.480 e. The minimum absolute atomic E-state index is 0.00927. The first-order valence-corrected chi connectivity index (χ1v) is 8.52. The van der Waals surface area contributed by atoms with Crippen molar-refractivity contribution >= 4 is 11.9 Å². The first-order chi connectivity index (χ1) is 12.2. The second kappa shape index (κ2) is 7.22.